The van der Waals surface area contributed by atoms with Crippen molar-refractivity contribution in [3.05, 3.63) is 124 Å². The van der Waals surface area contributed by atoms with Crippen LogP contribution in [-0.4, -0.2) is 10.5 Å². The Morgan fingerprint density at radius 2 is 1.66 bits per heavy atom. The van der Waals surface area contributed by atoms with E-state index in [0.717, 1.165) is 5.56 Å². The number of aromatic nitrogens is 1. The molecule has 1 aromatic heterocycles. The second-order valence-corrected chi connectivity index (χ2v) is 6.95. The fraction of sp³-hybridized carbons (Fsp3) is 0.0400. The highest BCUT2D eigenvalue weighted by Crippen LogP contribution is 2.21. The molecule has 160 valence electrons. The highest BCUT2D eigenvalue weighted by atomic mass is 19.1. The lowest BCUT2D eigenvalue weighted by atomic mass is 10.2. The molecule has 32 heavy (non-hydrogen) atoms. The SMILES string of the molecule is O=C(Nc1ccc(F)cc1)c1cccn(-c2ccc(OCc3ccccc3)c(F)c2)c1=O. The summed E-state index contributed by atoms with van der Waals surface area (Å²) in [4.78, 5) is 25.4. The molecule has 0 bridgehead atoms. The van der Waals surface area contributed by atoms with Crippen molar-refractivity contribution in [2.24, 2.45) is 0 Å². The second-order valence-electron chi connectivity index (χ2n) is 6.95. The van der Waals surface area contributed by atoms with Crippen LogP contribution in [0.1, 0.15) is 15.9 Å². The Bertz CT molecular complexity index is 1300. The molecule has 1 heterocycles. The number of nitrogens with zero attached hydrogens (tertiary/aromatic N) is 1. The standard InChI is InChI=1S/C25H18F2N2O3/c26-18-8-10-19(11-9-18)28-24(30)21-7-4-14-29(25(21)31)20-12-13-23(22(27)15-20)32-16-17-5-2-1-3-6-17/h1-15H,16H2,(H,28,30). The van der Waals surface area contributed by atoms with E-state index in [1.807, 2.05) is 30.3 Å². The number of ether oxygens (including phenoxy) is 1. The van der Waals surface area contributed by atoms with Gasteiger partial charge in [0.2, 0.25) is 0 Å². The molecule has 1 amide bonds. The van der Waals surface area contributed by atoms with Gasteiger partial charge in [-0.05, 0) is 54.1 Å². The van der Waals surface area contributed by atoms with Gasteiger partial charge >= 0.3 is 0 Å². The highest BCUT2D eigenvalue weighted by molar-refractivity contribution is 6.04. The van der Waals surface area contributed by atoms with Crippen LogP contribution in [0.25, 0.3) is 5.69 Å². The zero-order chi connectivity index (χ0) is 22.5. The molecule has 1 N–H and O–H groups in total. The Kier molecular flexibility index (Phi) is 6.07. The van der Waals surface area contributed by atoms with E-state index < -0.39 is 23.1 Å². The minimum atomic E-state index is -0.653. The molecule has 0 atom stereocenters. The number of amides is 1. The van der Waals surface area contributed by atoms with Crippen LogP contribution in [0.4, 0.5) is 14.5 Å². The first-order valence-electron chi connectivity index (χ1n) is 9.76. The summed E-state index contributed by atoms with van der Waals surface area (Å²) in [5.41, 5.74) is 0.728. The number of pyridine rings is 1. The number of halogens is 2. The van der Waals surface area contributed by atoms with Gasteiger partial charge in [-0.15, -0.1) is 0 Å². The summed E-state index contributed by atoms with van der Waals surface area (Å²) < 4.78 is 34.3. The molecule has 0 aliphatic heterocycles. The average Bonchev–Trinajstić information content (AvgIpc) is 2.80. The molecule has 5 nitrogen and oxygen atoms in total. The van der Waals surface area contributed by atoms with Crippen LogP contribution >= 0.6 is 0 Å². The molecule has 0 radical (unpaired) electrons. The third kappa shape index (κ3) is 4.73. The van der Waals surface area contributed by atoms with Crippen LogP contribution in [0.2, 0.25) is 0 Å². The van der Waals surface area contributed by atoms with Crippen molar-refractivity contribution < 1.29 is 18.3 Å². The fourth-order valence-electron chi connectivity index (χ4n) is 3.09. The zero-order valence-electron chi connectivity index (χ0n) is 16.8. The Morgan fingerprint density at radius 3 is 2.38 bits per heavy atom. The first kappa shape index (κ1) is 21.0. The molecule has 0 unspecified atom stereocenters. The molecular weight excluding hydrogens is 414 g/mol. The maximum Gasteiger partial charge on any atom is 0.267 e. The van der Waals surface area contributed by atoms with E-state index in [1.165, 1.54) is 65.4 Å². The molecule has 0 saturated heterocycles. The van der Waals surface area contributed by atoms with Crippen molar-refractivity contribution in [3.8, 4) is 11.4 Å². The number of benzene rings is 3. The molecule has 7 heteroatoms. The number of rotatable bonds is 6. The maximum absolute atomic E-state index is 14.6. The van der Waals surface area contributed by atoms with E-state index in [9.17, 15) is 18.4 Å². The Balaban J connectivity index is 1.54. The normalized spacial score (nSPS) is 10.6. The van der Waals surface area contributed by atoms with Gasteiger partial charge in [0, 0.05) is 18.0 Å². The summed E-state index contributed by atoms with van der Waals surface area (Å²) in [6, 6.07) is 21.5. The van der Waals surface area contributed by atoms with E-state index >= 15 is 0 Å². The Hall–Kier alpha value is -4.26. The Morgan fingerprint density at radius 1 is 0.906 bits per heavy atom. The van der Waals surface area contributed by atoms with Gasteiger partial charge in [0.1, 0.15) is 18.0 Å². The van der Waals surface area contributed by atoms with Gasteiger partial charge in [-0.1, -0.05) is 30.3 Å². The summed E-state index contributed by atoms with van der Waals surface area (Å²) in [6.45, 7) is 0.204. The van der Waals surface area contributed by atoms with E-state index in [4.69, 9.17) is 4.74 Å². The third-order valence-electron chi connectivity index (χ3n) is 4.72. The minimum Gasteiger partial charge on any atom is -0.486 e. The monoisotopic (exact) mass is 432 g/mol. The van der Waals surface area contributed by atoms with Gasteiger partial charge in [0.15, 0.2) is 11.6 Å². The summed E-state index contributed by atoms with van der Waals surface area (Å²) in [6.07, 6.45) is 1.44. The predicted octanol–water partition coefficient (Wildman–Crippen LogP) is 4.95. The van der Waals surface area contributed by atoms with E-state index in [-0.39, 0.29) is 23.6 Å². The van der Waals surface area contributed by atoms with Crippen molar-refractivity contribution in [2.45, 2.75) is 6.61 Å². The number of carbonyl (C=O) groups is 1. The van der Waals surface area contributed by atoms with E-state index in [1.54, 1.807) is 0 Å². The highest BCUT2D eigenvalue weighted by Gasteiger charge is 2.14. The molecule has 0 saturated carbocycles. The van der Waals surface area contributed by atoms with Crippen LogP contribution in [0.3, 0.4) is 0 Å². The minimum absolute atomic E-state index is 0.0517. The van der Waals surface area contributed by atoms with E-state index in [2.05, 4.69) is 5.32 Å². The lowest BCUT2D eigenvalue weighted by Crippen LogP contribution is -2.27. The van der Waals surface area contributed by atoms with Crippen molar-refractivity contribution in [1.82, 2.24) is 4.57 Å². The van der Waals surface area contributed by atoms with Gasteiger partial charge in [0.25, 0.3) is 11.5 Å². The van der Waals surface area contributed by atoms with Gasteiger partial charge < -0.3 is 10.1 Å². The first-order chi connectivity index (χ1) is 15.5. The first-order valence-corrected chi connectivity index (χ1v) is 9.76. The lowest BCUT2D eigenvalue weighted by molar-refractivity contribution is 0.102. The van der Waals surface area contributed by atoms with Crippen molar-refractivity contribution in [2.75, 3.05) is 5.32 Å². The summed E-state index contributed by atoms with van der Waals surface area (Å²) in [7, 11) is 0. The maximum atomic E-state index is 14.6. The molecule has 0 spiro atoms. The summed E-state index contributed by atoms with van der Waals surface area (Å²) >= 11 is 0. The lowest BCUT2D eigenvalue weighted by Gasteiger charge is -2.11. The molecule has 0 aliphatic rings. The smallest absolute Gasteiger partial charge is 0.267 e. The number of carbonyl (C=O) groups excluding carboxylic acids is 1. The predicted molar refractivity (Wildman–Crippen MR) is 117 cm³/mol. The van der Waals surface area contributed by atoms with Gasteiger partial charge in [-0.2, -0.15) is 0 Å². The number of anilines is 1. The van der Waals surface area contributed by atoms with Crippen molar-refractivity contribution in [1.29, 1.82) is 0 Å². The van der Waals surface area contributed by atoms with Crippen LogP contribution in [0.5, 0.6) is 5.75 Å². The van der Waals surface area contributed by atoms with Crippen LogP contribution in [0, 0.1) is 11.6 Å². The van der Waals surface area contributed by atoms with Crippen LogP contribution < -0.4 is 15.6 Å². The van der Waals surface area contributed by atoms with Gasteiger partial charge in [-0.3, -0.25) is 14.2 Å². The molecular formula is C25H18F2N2O3. The average molecular weight is 432 g/mol. The molecule has 4 aromatic rings. The summed E-state index contributed by atoms with van der Waals surface area (Å²) in [5, 5.41) is 2.54. The van der Waals surface area contributed by atoms with Crippen molar-refractivity contribution in [3.63, 3.8) is 0 Å². The second kappa shape index (κ2) is 9.26. The largest absolute Gasteiger partial charge is 0.486 e. The van der Waals surface area contributed by atoms with E-state index in [0.29, 0.717) is 5.69 Å². The molecule has 3 aromatic carbocycles. The van der Waals surface area contributed by atoms with Crippen LogP contribution in [0.15, 0.2) is 95.9 Å². The third-order valence-corrected chi connectivity index (χ3v) is 4.72. The quantitative estimate of drug-likeness (QED) is 0.469. The summed E-state index contributed by atoms with van der Waals surface area (Å²) in [5.74, 6) is -1.68. The number of hydrogen-bond acceptors (Lipinski definition) is 3. The zero-order valence-corrected chi connectivity index (χ0v) is 16.8. The van der Waals surface area contributed by atoms with Gasteiger partial charge in [0.05, 0.1) is 5.69 Å². The van der Waals surface area contributed by atoms with Crippen LogP contribution in [-0.2, 0) is 6.61 Å². The fourth-order valence-corrected chi connectivity index (χ4v) is 3.09. The molecule has 4 rings (SSSR count). The van der Waals surface area contributed by atoms with Crippen molar-refractivity contribution >= 4 is 11.6 Å². The number of nitrogens with one attached hydrogen (secondary N) is 1. The molecule has 0 aliphatic carbocycles. The number of hydrogen-bond donors (Lipinski definition) is 1. The molecule has 0 fully saturated rings. The Labute approximate surface area is 182 Å². The van der Waals surface area contributed by atoms with Gasteiger partial charge in [-0.25, -0.2) is 8.78 Å². The topological polar surface area (TPSA) is 60.3 Å².